The quantitative estimate of drug-likeness (QED) is 0.481. The third-order valence-electron chi connectivity index (χ3n) is 4.70. The highest BCUT2D eigenvalue weighted by atomic mass is 16.3. The molecule has 2 heterocycles. The smallest absolute Gasteiger partial charge is 0.134 e. The second kappa shape index (κ2) is 7.16. The Hall–Kier alpha value is -3.27. The van der Waals surface area contributed by atoms with Gasteiger partial charge in [0.1, 0.15) is 23.5 Å². The van der Waals surface area contributed by atoms with Crippen LogP contribution in [0.4, 0.5) is 0 Å². The molecule has 2 aromatic carbocycles. The maximum absolute atomic E-state index is 11.5. The molecule has 0 aliphatic rings. The van der Waals surface area contributed by atoms with E-state index in [1.807, 2.05) is 12.1 Å². The number of rotatable bonds is 5. The van der Waals surface area contributed by atoms with Gasteiger partial charge in [-0.15, -0.1) is 0 Å². The van der Waals surface area contributed by atoms with Gasteiger partial charge in [0.25, 0.3) is 0 Å². The molecule has 0 saturated heterocycles. The van der Waals surface area contributed by atoms with E-state index in [2.05, 4.69) is 47.2 Å². The van der Waals surface area contributed by atoms with Gasteiger partial charge in [0.15, 0.2) is 0 Å². The van der Waals surface area contributed by atoms with Crippen LogP contribution in [0.25, 0.3) is 33.2 Å². The van der Waals surface area contributed by atoms with E-state index in [9.17, 15) is 4.79 Å². The van der Waals surface area contributed by atoms with Crippen LogP contribution in [-0.4, -0.2) is 15.8 Å². The SMILES string of the molecule is CC(=O)CCc1oc2ccc(-c3cncnc3)cc2c1-c1ccc(C)cc1. The van der Waals surface area contributed by atoms with Crippen LogP contribution < -0.4 is 0 Å². The Morgan fingerprint density at radius 2 is 1.67 bits per heavy atom. The molecule has 4 rings (SSSR count). The molecule has 27 heavy (non-hydrogen) atoms. The van der Waals surface area contributed by atoms with Gasteiger partial charge in [-0.25, -0.2) is 9.97 Å². The number of aryl methyl sites for hydroxylation is 2. The summed E-state index contributed by atoms with van der Waals surface area (Å²) in [5.41, 5.74) is 6.18. The van der Waals surface area contributed by atoms with E-state index in [0.29, 0.717) is 12.8 Å². The van der Waals surface area contributed by atoms with Gasteiger partial charge in [-0.05, 0) is 37.1 Å². The predicted molar refractivity (Wildman–Crippen MR) is 106 cm³/mol. The topological polar surface area (TPSA) is 56.0 Å². The molecule has 2 aromatic heterocycles. The van der Waals surface area contributed by atoms with Crippen LogP contribution in [0.1, 0.15) is 24.7 Å². The molecule has 0 atom stereocenters. The van der Waals surface area contributed by atoms with Gasteiger partial charge < -0.3 is 9.21 Å². The molecule has 0 N–H and O–H groups in total. The van der Waals surface area contributed by atoms with Crippen LogP contribution in [0.5, 0.6) is 0 Å². The van der Waals surface area contributed by atoms with Crippen molar-refractivity contribution in [2.24, 2.45) is 0 Å². The van der Waals surface area contributed by atoms with Crippen LogP contribution in [-0.2, 0) is 11.2 Å². The zero-order chi connectivity index (χ0) is 18.8. The second-order valence-electron chi connectivity index (χ2n) is 6.81. The van der Waals surface area contributed by atoms with E-state index >= 15 is 0 Å². The fraction of sp³-hybridized carbons (Fsp3) is 0.174. The molecule has 0 radical (unpaired) electrons. The van der Waals surface area contributed by atoms with Crippen LogP contribution in [0, 0.1) is 6.92 Å². The summed E-state index contributed by atoms with van der Waals surface area (Å²) in [6, 6.07) is 14.5. The average Bonchev–Trinajstić information content (AvgIpc) is 3.05. The summed E-state index contributed by atoms with van der Waals surface area (Å²) in [4.78, 5) is 19.7. The van der Waals surface area contributed by atoms with Crippen LogP contribution in [0.3, 0.4) is 0 Å². The Morgan fingerprint density at radius 3 is 2.37 bits per heavy atom. The van der Waals surface area contributed by atoms with Crippen LogP contribution in [0.2, 0.25) is 0 Å². The van der Waals surface area contributed by atoms with Gasteiger partial charge in [0, 0.05) is 41.7 Å². The van der Waals surface area contributed by atoms with E-state index in [4.69, 9.17) is 4.42 Å². The van der Waals surface area contributed by atoms with Crippen molar-refractivity contribution in [1.29, 1.82) is 0 Å². The lowest BCUT2D eigenvalue weighted by atomic mass is 9.97. The molecular weight excluding hydrogens is 336 g/mol. The molecule has 0 aliphatic carbocycles. The summed E-state index contributed by atoms with van der Waals surface area (Å²) in [6.07, 6.45) is 6.19. The van der Waals surface area contributed by atoms with Crippen LogP contribution in [0.15, 0.2) is 65.6 Å². The highest BCUT2D eigenvalue weighted by Gasteiger charge is 2.17. The van der Waals surface area contributed by atoms with Crippen molar-refractivity contribution in [3.63, 3.8) is 0 Å². The lowest BCUT2D eigenvalue weighted by Gasteiger charge is -2.05. The molecule has 4 heteroatoms. The van der Waals surface area contributed by atoms with Gasteiger partial charge in [0.05, 0.1) is 0 Å². The number of ketones is 1. The minimum absolute atomic E-state index is 0.160. The van der Waals surface area contributed by atoms with Crippen molar-refractivity contribution in [1.82, 2.24) is 9.97 Å². The van der Waals surface area contributed by atoms with Gasteiger partial charge in [-0.2, -0.15) is 0 Å². The fourth-order valence-corrected chi connectivity index (χ4v) is 3.28. The second-order valence-corrected chi connectivity index (χ2v) is 6.81. The first kappa shape index (κ1) is 17.2. The zero-order valence-corrected chi connectivity index (χ0v) is 15.4. The Morgan fingerprint density at radius 1 is 0.963 bits per heavy atom. The number of Topliss-reactive ketones (excluding diaryl/α,β-unsaturated/α-hetero) is 1. The first-order valence-electron chi connectivity index (χ1n) is 8.99. The van der Waals surface area contributed by atoms with E-state index in [1.165, 1.54) is 11.9 Å². The fourth-order valence-electron chi connectivity index (χ4n) is 3.28. The molecule has 0 bridgehead atoms. The predicted octanol–water partition coefficient (Wildman–Crippen LogP) is 5.39. The molecule has 0 saturated carbocycles. The maximum Gasteiger partial charge on any atom is 0.134 e. The van der Waals surface area contributed by atoms with Gasteiger partial charge in [-0.3, -0.25) is 0 Å². The Bertz CT molecular complexity index is 1100. The number of fused-ring (bicyclic) bond motifs is 1. The summed E-state index contributed by atoms with van der Waals surface area (Å²) in [7, 11) is 0. The summed E-state index contributed by atoms with van der Waals surface area (Å²) in [5, 5.41) is 1.04. The van der Waals surface area contributed by atoms with Crippen molar-refractivity contribution in [3.8, 4) is 22.3 Å². The third kappa shape index (κ3) is 3.51. The number of aromatic nitrogens is 2. The molecule has 4 aromatic rings. The molecule has 0 fully saturated rings. The molecule has 4 nitrogen and oxygen atoms in total. The minimum atomic E-state index is 0.160. The van der Waals surface area contributed by atoms with Crippen molar-refractivity contribution in [2.75, 3.05) is 0 Å². The zero-order valence-electron chi connectivity index (χ0n) is 15.4. The monoisotopic (exact) mass is 356 g/mol. The molecular formula is C23H20N2O2. The van der Waals surface area contributed by atoms with E-state index in [0.717, 1.165) is 39.0 Å². The summed E-state index contributed by atoms with van der Waals surface area (Å²) in [5.74, 6) is 1.01. The molecule has 0 unspecified atom stereocenters. The van der Waals surface area contributed by atoms with Crippen molar-refractivity contribution >= 4 is 16.8 Å². The molecule has 0 aliphatic heterocycles. The standard InChI is InChI=1S/C23H20N2O2/c1-15-3-6-17(7-4-15)23-20-11-18(19-12-24-14-25-13-19)8-10-21(20)27-22(23)9-5-16(2)26/h3-4,6-8,10-14H,5,9H2,1-2H3. The first-order valence-corrected chi connectivity index (χ1v) is 8.99. The van der Waals surface area contributed by atoms with Crippen molar-refractivity contribution < 1.29 is 9.21 Å². The largest absolute Gasteiger partial charge is 0.460 e. The lowest BCUT2D eigenvalue weighted by Crippen LogP contribution is -1.94. The Kier molecular flexibility index (Phi) is 4.55. The van der Waals surface area contributed by atoms with Crippen LogP contribution >= 0.6 is 0 Å². The summed E-state index contributed by atoms with van der Waals surface area (Å²) in [6.45, 7) is 3.68. The number of nitrogens with zero attached hydrogens (tertiary/aromatic N) is 2. The number of hydrogen-bond donors (Lipinski definition) is 0. The summed E-state index contributed by atoms with van der Waals surface area (Å²) >= 11 is 0. The number of furan rings is 1. The number of benzene rings is 2. The molecule has 0 spiro atoms. The highest BCUT2D eigenvalue weighted by molar-refractivity contribution is 5.98. The number of carbonyl (C=O) groups excluding carboxylic acids is 1. The number of hydrogen-bond acceptors (Lipinski definition) is 4. The summed E-state index contributed by atoms with van der Waals surface area (Å²) < 4.78 is 6.14. The van der Waals surface area contributed by atoms with Gasteiger partial charge in [0.2, 0.25) is 0 Å². The van der Waals surface area contributed by atoms with Gasteiger partial charge in [-0.1, -0.05) is 35.9 Å². The Balaban J connectivity index is 1.90. The van der Waals surface area contributed by atoms with Crippen molar-refractivity contribution in [3.05, 3.63) is 72.5 Å². The molecule has 134 valence electrons. The normalized spacial score (nSPS) is 11.0. The molecule has 0 amide bonds. The average molecular weight is 356 g/mol. The van der Waals surface area contributed by atoms with Crippen molar-refractivity contribution in [2.45, 2.75) is 26.7 Å². The van der Waals surface area contributed by atoms with E-state index in [-0.39, 0.29) is 5.78 Å². The Labute approximate surface area is 157 Å². The third-order valence-corrected chi connectivity index (χ3v) is 4.70. The maximum atomic E-state index is 11.5. The highest BCUT2D eigenvalue weighted by Crippen LogP contribution is 2.37. The van der Waals surface area contributed by atoms with E-state index < -0.39 is 0 Å². The lowest BCUT2D eigenvalue weighted by molar-refractivity contribution is -0.117. The van der Waals surface area contributed by atoms with Gasteiger partial charge >= 0.3 is 0 Å². The minimum Gasteiger partial charge on any atom is -0.460 e. The number of carbonyl (C=O) groups is 1. The van der Waals surface area contributed by atoms with E-state index in [1.54, 1.807) is 19.3 Å². The first-order chi connectivity index (χ1) is 13.1.